The van der Waals surface area contributed by atoms with Crippen molar-refractivity contribution in [1.29, 1.82) is 0 Å². The molecule has 27 heavy (non-hydrogen) atoms. The monoisotopic (exact) mass is 370 g/mol. The number of hydrogen-bond acceptors (Lipinski definition) is 6. The SMILES string of the molecule is COc1cccc(-c2ncc3c(n2)CCN(c2cc(O)c(F)c(F)c2)C3)n1. The number of nitrogens with zero attached hydrogens (tertiary/aromatic N) is 4. The molecule has 1 aliphatic rings. The van der Waals surface area contributed by atoms with Crippen LogP contribution in [0.3, 0.4) is 0 Å². The number of aromatic nitrogens is 3. The largest absolute Gasteiger partial charge is 0.505 e. The van der Waals surface area contributed by atoms with E-state index in [4.69, 9.17) is 4.74 Å². The molecule has 3 aromatic rings. The first kappa shape index (κ1) is 17.1. The van der Waals surface area contributed by atoms with Crippen LogP contribution in [0.25, 0.3) is 11.5 Å². The van der Waals surface area contributed by atoms with Gasteiger partial charge in [0.25, 0.3) is 0 Å². The van der Waals surface area contributed by atoms with E-state index in [0.29, 0.717) is 42.6 Å². The molecule has 1 aliphatic heterocycles. The molecule has 0 amide bonds. The maximum absolute atomic E-state index is 13.6. The molecule has 2 aromatic heterocycles. The Kier molecular flexibility index (Phi) is 4.31. The Morgan fingerprint density at radius 1 is 1.19 bits per heavy atom. The van der Waals surface area contributed by atoms with Gasteiger partial charge in [0, 0.05) is 55.2 Å². The van der Waals surface area contributed by atoms with Crippen LogP contribution < -0.4 is 9.64 Å². The molecule has 0 radical (unpaired) electrons. The molecule has 0 fully saturated rings. The van der Waals surface area contributed by atoms with Crippen LogP contribution >= 0.6 is 0 Å². The maximum Gasteiger partial charge on any atom is 0.213 e. The summed E-state index contributed by atoms with van der Waals surface area (Å²) in [5, 5.41) is 9.53. The summed E-state index contributed by atoms with van der Waals surface area (Å²) < 4.78 is 32.0. The zero-order valence-electron chi connectivity index (χ0n) is 14.5. The van der Waals surface area contributed by atoms with Gasteiger partial charge in [-0.1, -0.05) is 6.07 Å². The molecule has 1 aromatic carbocycles. The highest BCUT2D eigenvalue weighted by Gasteiger charge is 2.21. The number of ether oxygens (including phenoxy) is 1. The first-order chi connectivity index (χ1) is 13.0. The fourth-order valence-corrected chi connectivity index (χ4v) is 3.06. The zero-order valence-corrected chi connectivity index (χ0v) is 14.5. The van der Waals surface area contributed by atoms with Gasteiger partial charge in [0.15, 0.2) is 23.2 Å². The van der Waals surface area contributed by atoms with Gasteiger partial charge in [-0.25, -0.2) is 19.3 Å². The molecule has 0 aliphatic carbocycles. The van der Waals surface area contributed by atoms with Crippen LogP contribution in [-0.2, 0) is 13.0 Å². The average Bonchev–Trinajstić information content (AvgIpc) is 2.71. The molecule has 0 bridgehead atoms. The summed E-state index contributed by atoms with van der Waals surface area (Å²) in [5.41, 5.74) is 2.80. The molecular weight excluding hydrogens is 354 g/mol. The first-order valence-corrected chi connectivity index (χ1v) is 8.34. The number of fused-ring (bicyclic) bond motifs is 1. The summed E-state index contributed by atoms with van der Waals surface area (Å²) in [4.78, 5) is 15.2. The molecule has 0 atom stereocenters. The number of anilines is 1. The summed E-state index contributed by atoms with van der Waals surface area (Å²) in [7, 11) is 1.55. The molecule has 1 N–H and O–H groups in total. The highest BCUT2D eigenvalue weighted by atomic mass is 19.2. The average molecular weight is 370 g/mol. The highest BCUT2D eigenvalue weighted by molar-refractivity contribution is 5.54. The third-order valence-electron chi connectivity index (χ3n) is 4.45. The maximum atomic E-state index is 13.6. The van der Waals surface area contributed by atoms with Crippen molar-refractivity contribution in [3.8, 4) is 23.1 Å². The van der Waals surface area contributed by atoms with Crippen LogP contribution in [0.1, 0.15) is 11.3 Å². The number of aromatic hydroxyl groups is 1. The summed E-state index contributed by atoms with van der Waals surface area (Å²) in [6.07, 6.45) is 2.32. The highest BCUT2D eigenvalue weighted by Crippen LogP contribution is 2.30. The third-order valence-corrected chi connectivity index (χ3v) is 4.45. The van der Waals surface area contributed by atoms with Gasteiger partial charge in [0.2, 0.25) is 5.88 Å². The summed E-state index contributed by atoms with van der Waals surface area (Å²) in [6.45, 7) is 0.991. The molecule has 3 heterocycles. The smallest absolute Gasteiger partial charge is 0.213 e. The van der Waals surface area contributed by atoms with E-state index in [1.54, 1.807) is 19.4 Å². The number of halogens is 2. The van der Waals surface area contributed by atoms with Crippen molar-refractivity contribution in [2.24, 2.45) is 0 Å². The van der Waals surface area contributed by atoms with Crippen LogP contribution in [0.4, 0.5) is 14.5 Å². The van der Waals surface area contributed by atoms with Gasteiger partial charge < -0.3 is 14.7 Å². The number of phenols is 1. The predicted octanol–water partition coefficient (Wildman–Crippen LogP) is 3.09. The van der Waals surface area contributed by atoms with Crippen LogP contribution in [-0.4, -0.2) is 33.7 Å². The number of phenolic OH excluding ortho intramolecular Hbond substituents is 1. The zero-order chi connectivity index (χ0) is 19.0. The predicted molar refractivity (Wildman–Crippen MR) is 94.6 cm³/mol. The lowest BCUT2D eigenvalue weighted by Crippen LogP contribution is -2.31. The minimum absolute atomic E-state index is 0.413. The van der Waals surface area contributed by atoms with Crippen molar-refractivity contribution in [2.45, 2.75) is 13.0 Å². The Bertz CT molecular complexity index is 990. The van der Waals surface area contributed by atoms with Crippen molar-refractivity contribution >= 4 is 5.69 Å². The molecule has 6 nitrogen and oxygen atoms in total. The van der Waals surface area contributed by atoms with E-state index in [0.717, 1.165) is 17.3 Å². The summed E-state index contributed by atoms with van der Waals surface area (Å²) in [6, 6.07) is 7.68. The molecule has 138 valence electrons. The van der Waals surface area contributed by atoms with Crippen molar-refractivity contribution in [1.82, 2.24) is 15.0 Å². The van der Waals surface area contributed by atoms with E-state index in [2.05, 4.69) is 15.0 Å². The Morgan fingerprint density at radius 2 is 2.04 bits per heavy atom. The van der Waals surface area contributed by atoms with Crippen molar-refractivity contribution in [2.75, 3.05) is 18.6 Å². The van der Waals surface area contributed by atoms with Crippen LogP contribution in [0.5, 0.6) is 11.6 Å². The standard InChI is InChI=1S/C19H16F2N4O2/c1-27-17-4-2-3-15(23-17)19-22-9-11-10-25(6-5-14(11)24-19)12-7-13(20)18(21)16(26)8-12/h2-4,7-9,26H,5-6,10H2,1H3. The van der Waals surface area contributed by atoms with Gasteiger partial charge in [0.05, 0.1) is 12.8 Å². The van der Waals surface area contributed by atoms with E-state index in [-0.39, 0.29) is 0 Å². The summed E-state index contributed by atoms with van der Waals surface area (Å²) in [5.74, 6) is -2.03. The quantitative estimate of drug-likeness (QED) is 0.764. The van der Waals surface area contributed by atoms with E-state index in [9.17, 15) is 13.9 Å². The van der Waals surface area contributed by atoms with Gasteiger partial charge in [-0.05, 0) is 6.07 Å². The van der Waals surface area contributed by atoms with Crippen LogP contribution in [0, 0.1) is 11.6 Å². The number of methoxy groups -OCH3 is 1. The summed E-state index contributed by atoms with van der Waals surface area (Å²) >= 11 is 0. The number of benzene rings is 1. The molecule has 0 saturated heterocycles. The first-order valence-electron chi connectivity index (χ1n) is 8.34. The Morgan fingerprint density at radius 3 is 2.81 bits per heavy atom. The van der Waals surface area contributed by atoms with E-state index in [1.165, 1.54) is 6.07 Å². The van der Waals surface area contributed by atoms with E-state index in [1.807, 2.05) is 17.0 Å². The normalized spacial score (nSPS) is 13.4. The minimum Gasteiger partial charge on any atom is -0.505 e. The lowest BCUT2D eigenvalue weighted by atomic mass is 10.1. The Hall–Kier alpha value is -3.29. The van der Waals surface area contributed by atoms with Gasteiger partial charge in [-0.15, -0.1) is 0 Å². The second-order valence-electron chi connectivity index (χ2n) is 6.16. The molecular formula is C19H16F2N4O2. The lowest BCUT2D eigenvalue weighted by molar-refractivity contribution is 0.398. The van der Waals surface area contributed by atoms with Crippen molar-refractivity contribution in [3.63, 3.8) is 0 Å². The number of rotatable bonds is 3. The van der Waals surface area contributed by atoms with Crippen molar-refractivity contribution < 1.29 is 18.6 Å². The second kappa shape index (κ2) is 6.79. The molecule has 0 spiro atoms. The molecule has 8 heteroatoms. The fraction of sp³-hybridized carbons (Fsp3) is 0.211. The fourth-order valence-electron chi connectivity index (χ4n) is 3.06. The minimum atomic E-state index is -1.24. The molecule has 0 unspecified atom stereocenters. The van der Waals surface area contributed by atoms with Gasteiger partial charge >= 0.3 is 0 Å². The third kappa shape index (κ3) is 3.25. The van der Waals surface area contributed by atoms with E-state index >= 15 is 0 Å². The topological polar surface area (TPSA) is 71.4 Å². The number of hydrogen-bond donors (Lipinski definition) is 1. The van der Waals surface area contributed by atoms with Gasteiger partial charge in [-0.3, -0.25) is 0 Å². The van der Waals surface area contributed by atoms with Gasteiger partial charge in [0.1, 0.15) is 5.69 Å². The van der Waals surface area contributed by atoms with Gasteiger partial charge in [-0.2, -0.15) is 4.39 Å². The van der Waals surface area contributed by atoms with Crippen molar-refractivity contribution in [3.05, 3.63) is 59.4 Å². The lowest BCUT2D eigenvalue weighted by Gasteiger charge is -2.30. The molecule has 4 rings (SSSR count). The van der Waals surface area contributed by atoms with E-state index < -0.39 is 17.4 Å². The Balaban J connectivity index is 1.61. The number of pyridine rings is 1. The second-order valence-corrected chi connectivity index (χ2v) is 6.16. The van der Waals surface area contributed by atoms with Crippen LogP contribution in [0.2, 0.25) is 0 Å². The molecule has 0 saturated carbocycles. The van der Waals surface area contributed by atoms with Crippen LogP contribution in [0.15, 0.2) is 36.5 Å². The Labute approximate surface area is 154 Å².